The predicted octanol–water partition coefficient (Wildman–Crippen LogP) is 1.76. The molecule has 0 aromatic rings. The Labute approximate surface area is 85.8 Å². The first kappa shape index (κ1) is 11.2. The van der Waals surface area contributed by atoms with E-state index in [9.17, 15) is 4.79 Å². The molecule has 0 aromatic heterocycles. The minimum absolute atomic E-state index is 0.249. The smallest absolute Gasteiger partial charge is 0.148 e. The van der Waals surface area contributed by atoms with Gasteiger partial charge < -0.3 is 5.73 Å². The van der Waals surface area contributed by atoms with Gasteiger partial charge in [0.25, 0.3) is 0 Å². The highest BCUT2D eigenvalue weighted by Crippen LogP contribution is 2.37. The number of aliphatic imine (C=N–C) groups is 1. The molecule has 14 heavy (non-hydrogen) atoms. The van der Waals surface area contributed by atoms with E-state index in [1.807, 2.05) is 0 Å². The fraction of sp³-hybridized carbons (Fsp3) is 0.818. The van der Waals surface area contributed by atoms with Crippen molar-refractivity contribution in [2.45, 2.75) is 40.0 Å². The Morgan fingerprint density at radius 1 is 1.57 bits per heavy atom. The first-order chi connectivity index (χ1) is 6.55. The second-order valence-corrected chi connectivity index (χ2v) is 4.32. The zero-order valence-corrected chi connectivity index (χ0v) is 9.34. The first-order valence-corrected chi connectivity index (χ1v) is 5.39. The number of nitrogens with zero attached hydrogens (tertiary/aromatic N) is 1. The van der Waals surface area contributed by atoms with E-state index in [0.29, 0.717) is 18.8 Å². The second-order valence-electron chi connectivity index (χ2n) is 4.32. The lowest BCUT2D eigenvalue weighted by molar-refractivity contribution is -0.127. The molecule has 2 N–H and O–H groups in total. The van der Waals surface area contributed by atoms with Crippen LogP contribution in [0.25, 0.3) is 0 Å². The third kappa shape index (κ3) is 1.56. The van der Waals surface area contributed by atoms with Gasteiger partial charge in [0.1, 0.15) is 11.6 Å². The van der Waals surface area contributed by atoms with Crippen molar-refractivity contribution >= 4 is 11.6 Å². The third-order valence-electron chi connectivity index (χ3n) is 3.21. The summed E-state index contributed by atoms with van der Waals surface area (Å²) >= 11 is 0. The summed E-state index contributed by atoms with van der Waals surface area (Å²) in [4.78, 5) is 16.2. The average Bonchev–Trinajstić information content (AvgIpc) is 2.11. The van der Waals surface area contributed by atoms with E-state index in [2.05, 4.69) is 25.8 Å². The van der Waals surface area contributed by atoms with Gasteiger partial charge >= 0.3 is 0 Å². The Bertz CT molecular complexity index is 258. The fourth-order valence-corrected chi connectivity index (χ4v) is 2.35. The third-order valence-corrected chi connectivity index (χ3v) is 3.21. The van der Waals surface area contributed by atoms with E-state index in [1.165, 1.54) is 0 Å². The summed E-state index contributed by atoms with van der Waals surface area (Å²) in [6.45, 7) is 6.77. The molecule has 0 aromatic carbocycles. The van der Waals surface area contributed by atoms with Crippen LogP contribution in [0, 0.1) is 11.3 Å². The normalized spacial score (nSPS) is 28.0. The van der Waals surface area contributed by atoms with Crippen molar-refractivity contribution in [1.82, 2.24) is 0 Å². The van der Waals surface area contributed by atoms with Crippen molar-refractivity contribution in [3.8, 4) is 0 Å². The van der Waals surface area contributed by atoms with Gasteiger partial charge in [0, 0.05) is 13.0 Å². The summed E-state index contributed by atoms with van der Waals surface area (Å²) in [5.41, 5.74) is 5.46. The van der Waals surface area contributed by atoms with Gasteiger partial charge in [-0.25, -0.2) is 0 Å². The Morgan fingerprint density at radius 3 is 2.64 bits per heavy atom. The Kier molecular flexibility index (Phi) is 3.29. The highest BCUT2D eigenvalue weighted by molar-refractivity contribution is 6.09. The monoisotopic (exact) mass is 196 g/mol. The van der Waals surface area contributed by atoms with E-state index in [-0.39, 0.29) is 11.7 Å². The van der Waals surface area contributed by atoms with Crippen LogP contribution in [-0.2, 0) is 4.79 Å². The number of Topliss-reactive ketones (excluding diaryl/α,β-unsaturated/α-hetero) is 1. The zero-order chi connectivity index (χ0) is 10.8. The van der Waals surface area contributed by atoms with Crippen LogP contribution in [0.15, 0.2) is 4.99 Å². The van der Waals surface area contributed by atoms with Crippen molar-refractivity contribution in [1.29, 1.82) is 0 Å². The summed E-state index contributed by atoms with van der Waals surface area (Å²) < 4.78 is 0. The van der Waals surface area contributed by atoms with Gasteiger partial charge in [0.15, 0.2) is 0 Å². The van der Waals surface area contributed by atoms with Crippen LogP contribution in [0.5, 0.6) is 0 Å². The van der Waals surface area contributed by atoms with Gasteiger partial charge in [-0.2, -0.15) is 0 Å². The topological polar surface area (TPSA) is 55.5 Å². The van der Waals surface area contributed by atoms with Crippen LogP contribution in [0.4, 0.5) is 0 Å². The van der Waals surface area contributed by atoms with Crippen LogP contribution in [0.2, 0.25) is 0 Å². The number of nitrogens with two attached hydrogens (primary N) is 1. The Morgan fingerprint density at radius 2 is 2.21 bits per heavy atom. The van der Waals surface area contributed by atoms with Crippen LogP contribution in [-0.4, -0.2) is 18.2 Å². The summed E-state index contributed by atoms with van der Waals surface area (Å²) in [6, 6.07) is 0. The summed E-state index contributed by atoms with van der Waals surface area (Å²) in [6.07, 6.45) is 2.36. The SMILES string of the molecule is CCCC1(C(C)C)C(=O)CCN=C1N. The summed E-state index contributed by atoms with van der Waals surface area (Å²) in [5, 5.41) is 0. The van der Waals surface area contributed by atoms with Crippen LogP contribution >= 0.6 is 0 Å². The molecule has 1 aliphatic rings. The first-order valence-electron chi connectivity index (χ1n) is 5.39. The van der Waals surface area contributed by atoms with E-state index >= 15 is 0 Å². The van der Waals surface area contributed by atoms with E-state index < -0.39 is 5.41 Å². The molecule has 0 aliphatic carbocycles. The zero-order valence-electron chi connectivity index (χ0n) is 9.34. The molecule has 1 rings (SSSR count). The summed E-state index contributed by atoms with van der Waals surface area (Å²) in [7, 11) is 0. The molecule has 0 saturated heterocycles. The number of carbonyl (C=O) groups is 1. The predicted molar refractivity (Wildman–Crippen MR) is 58.3 cm³/mol. The molecule has 3 nitrogen and oxygen atoms in total. The number of rotatable bonds is 3. The molecule has 0 radical (unpaired) electrons. The Hall–Kier alpha value is -0.860. The molecule has 80 valence electrons. The highest BCUT2D eigenvalue weighted by Gasteiger charge is 2.45. The maximum atomic E-state index is 12.0. The largest absolute Gasteiger partial charge is 0.387 e. The van der Waals surface area contributed by atoms with Crippen molar-refractivity contribution in [2.75, 3.05) is 6.54 Å². The average molecular weight is 196 g/mol. The quantitative estimate of drug-likeness (QED) is 0.747. The molecule has 0 bridgehead atoms. The molecule has 0 saturated carbocycles. The fourth-order valence-electron chi connectivity index (χ4n) is 2.35. The minimum Gasteiger partial charge on any atom is -0.387 e. The van der Waals surface area contributed by atoms with Gasteiger partial charge in [-0.1, -0.05) is 27.2 Å². The molecule has 1 atom stereocenters. The standard InChI is InChI=1S/C11H20N2O/c1-4-6-11(8(2)3)9(14)5-7-13-10(11)12/h8H,4-7H2,1-3H3,(H2,12,13). The van der Waals surface area contributed by atoms with Gasteiger partial charge in [0.05, 0.1) is 5.41 Å². The maximum Gasteiger partial charge on any atom is 0.148 e. The highest BCUT2D eigenvalue weighted by atomic mass is 16.1. The van der Waals surface area contributed by atoms with Gasteiger partial charge in [0.2, 0.25) is 0 Å². The molecule has 1 unspecified atom stereocenters. The van der Waals surface area contributed by atoms with Crippen LogP contribution in [0.1, 0.15) is 40.0 Å². The molecule has 0 fully saturated rings. The maximum absolute atomic E-state index is 12.0. The minimum atomic E-state index is -0.465. The lowest BCUT2D eigenvalue weighted by Crippen LogP contribution is -2.50. The molecule has 1 heterocycles. The molecular formula is C11H20N2O. The van der Waals surface area contributed by atoms with Gasteiger partial charge in [-0.3, -0.25) is 9.79 Å². The lowest BCUT2D eigenvalue weighted by atomic mass is 9.67. The van der Waals surface area contributed by atoms with E-state index in [4.69, 9.17) is 5.73 Å². The number of amidine groups is 1. The lowest BCUT2D eigenvalue weighted by Gasteiger charge is -2.37. The van der Waals surface area contributed by atoms with E-state index in [0.717, 1.165) is 12.8 Å². The van der Waals surface area contributed by atoms with Crippen molar-refractivity contribution in [3.05, 3.63) is 0 Å². The van der Waals surface area contributed by atoms with Crippen molar-refractivity contribution in [3.63, 3.8) is 0 Å². The van der Waals surface area contributed by atoms with Crippen LogP contribution in [0.3, 0.4) is 0 Å². The molecule has 3 heteroatoms. The van der Waals surface area contributed by atoms with E-state index in [1.54, 1.807) is 0 Å². The summed E-state index contributed by atoms with van der Waals surface area (Å²) in [5.74, 6) is 1.09. The molecular weight excluding hydrogens is 176 g/mol. The molecule has 0 spiro atoms. The number of hydrogen-bond donors (Lipinski definition) is 1. The van der Waals surface area contributed by atoms with Gasteiger partial charge in [-0.15, -0.1) is 0 Å². The van der Waals surface area contributed by atoms with Gasteiger partial charge in [-0.05, 0) is 12.3 Å². The molecule has 0 amide bonds. The number of ketones is 1. The van der Waals surface area contributed by atoms with Crippen molar-refractivity contribution < 1.29 is 4.79 Å². The molecule has 1 aliphatic heterocycles. The Balaban J connectivity index is 3.09. The number of hydrogen-bond acceptors (Lipinski definition) is 3. The second kappa shape index (κ2) is 4.11. The van der Waals surface area contributed by atoms with Crippen molar-refractivity contribution in [2.24, 2.45) is 22.1 Å². The van der Waals surface area contributed by atoms with Crippen LogP contribution < -0.4 is 5.73 Å². The number of carbonyl (C=O) groups excluding carboxylic acids is 1.